The molecule has 6 heteroatoms. The van der Waals surface area contributed by atoms with E-state index in [4.69, 9.17) is 9.47 Å². The fourth-order valence-electron chi connectivity index (χ4n) is 3.80. The van der Waals surface area contributed by atoms with E-state index in [0.717, 1.165) is 0 Å². The summed E-state index contributed by atoms with van der Waals surface area (Å²) in [5.74, 6) is -6.08. The normalized spacial score (nSPS) is 14.6. The zero-order valence-electron chi connectivity index (χ0n) is 16.3. The van der Waals surface area contributed by atoms with Crippen molar-refractivity contribution in [2.24, 2.45) is 11.8 Å². The van der Waals surface area contributed by atoms with Crippen LogP contribution < -0.4 is 0 Å². The fourth-order valence-corrected chi connectivity index (χ4v) is 3.80. The maximum absolute atomic E-state index is 13.2. The van der Waals surface area contributed by atoms with Crippen LogP contribution in [-0.2, 0) is 19.1 Å². The smallest absolute Gasteiger partial charge is 0.320 e. The number of hydrogen-bond donors (Lipinski definition) is 0. The number of carbonyl (C=O) groups is 4. The Kier molecular flexibility index (Phi) is 6.22. The first-order chi connectivity index (χ1) is 14.0. The van der Waals surface area contributed by atoms with E-state index in [1.807, 2.05) is 0 Å². The van der Waals surface area contributed by atoms with Crippen LogP contribution in [0.3, 0.4) is 0 Å². The van der Waals surface area contributed by atoms with Gasteiger partial charge in [-0.2, -0.15) is 0 Å². The van der Waals surface area contributed by atoms with Crippen LogP contribution in [0.15, 0.2) is 54.6 Å². The Morgan fingerprint density at radius 1 is 0.793 bits per heavy atom. The summed E-state index contributed by atoms with van der Waals surface area (Å²) in [7, 11) is 0. The molecule has 0 fully saturated rings. The predicted octanol–water partition coefficient (Wildman–Crippen LogP) is 3.21. The van der Waals surface area contributed by atoms with Gasteiger partial charge in [-0.25, -0.2) is 0 Å². The van der Waals surface area contributed by atoms with Crippen molar-refractivity contribution >= 4 is 23.5 Å². The van der Waals surface area contributed by atoms with Crippen LogP contribution in [0.1, 0.15) is 46.0 Å². The number of fused-ring (bicyclic) bond motifs is 1. The molecule has 0 radical (unpaired) electrons. The molecule has 1 aliphatic carbocycles. The van der Waals surface area contributed by atoms with Gasteiger partial charge in [-0.3, -0.25) is 19.2 Å². The van der Waals surface area contributed by atoms with Gasteiger partial charge in [0.1, 0.15) is 0 Å². The van der Waals surface area contributed by atoms with Gasteiger partial charge in [0.2, 0.25) is 0 Å². The molecule has 0 spiro atoms. The Morgan fingerprint density at radius 2 is 1.24 bits per heavy atom. The SMILES string of the molecule is CCOC(=O)C(C(=O)OCC)[C@@H](c1ccccc1)C1C(=O)c2ccccc2C1=O. The van der Waals surface area contributed by atoms with E-state index in [2.05, 4.69) is 0 Å². The van der Waals surface area contributed by atoms with E-state index in [0.29, 0.717) is 16.7 Å². The minimum atomic E-state index is -1.43. The molecule has 0 bridgehead atoms. The van der Waals surface area contributed by atoms with Gasteiger partial charge in [0.25, 0.3) is 0 Å². The summed E-state index contributed by atoms with van der Waals surface area (Å²) in [5.41, 5.74) is 1.13. The summed E-state index contributed by atoms with van der Waals surface area (Å²) < 4.78 is 10.2. The van der Waals surface area contributed by atoms with Gasteiger partial charge in [-0.1, -0.05) is 54.6 Å². The van der Waals surface area contributed by atoms with Crippen molar-refractivity contribution in [2.75, 3.05) is 13.2 Å². The lowest BCUT2D eigenvalue weighted by Gasteiger charge is -2.28. The van der Waals surface area contributed by atoms with Crippen LogP contribution in [-0.4, -0.2) is 36.7 Å². The summed E-state index contributed by atoms with van der Waals surface area (Å²) >= 11 is 0. The number of ketones is 2. The van der Waals surface area contributed by atoms with Crippen LogP contribution in [0.5, 0.6) is 0 Å². The highest BCUT2D eigenvalue weighted by Gasteiger charge is 2.51. The molecule has 6 nitrogen and oxygen atoms in total. The van der Waals surface area contributed by atoms with Gasteiger partial charge in [0.05, 0.1) is 19.1 Å². The molecule has 0 aliphatic heterocycles. The van der Waals surface area contributed by atoms with Crippen LogP contribution in [0, 0.1) is 11.8 Å². The minimum Gasteiger partial charge on any atom is -0.465 e. The number of esters is 2. The van der Waals surface area contributed by atoms with Crippen molar-refractivity contribution in [1.29, 1.82) is 0 Å². The number of ether oxygens (including phenoxy) is 2. The quantitative estimate of drug-likeness (QED) is 0.529. The molecule has 2 aromatic rings. The van der Waals surface area contributed by atoms with Crippen molar-refractivity contribution in [3.05, 3.63) is 71.3 Å². The maximum Gasteiger partial charge on any atom is 0.320 e. The number of benzene rings is 2. The lowest BCUT2D eigenvalue weighted by atomic mass is 9.74. The zero-order chi connectivity index (χ0) is 21.0. The predicted molar refractivity (Wildman–Crippen MR) is 105 cm³/mol. The Balaban J connectivity index is 2.15. The number of hydrogen-bond acceptors (Lipinski definition) is 6. The Morgan fingerprint density at radius 3 is 1.69 bits per heavy atom. The van der Waals surface area contributed by atoms with Crippen LogP contribution in [0.25, 0.3) is 0 Å². The maximum atomic E-state index is 13.2. The van der Waals surface area contributed by atoms with Crippen LogP contribution in [0.2, 0.25) is 0 Å². The first kappa shape index (κ1) is 20.5. The minimum absolute atomic E-state index is 0.0586. The third-order valence-electron chi connectivity index (χ3n) is 5.01. The van der Waals surface area contributed by atoms with E-state index in [9.17, 15) is 19.2 Å². The summed E-state index contributed by atoms with van der Waals surface area (Å²) in [4.78, 5) is 51.9. The number of rotatable bonds is 7. The van der Waals surface area contributed by atoms with Gasteiger partial charge in [0.15, 0.2) is 17.5 Å². The molecule has 0 saturated heterocycles. The molecule has 0 amide bonds. The summed E-state index contributed by atoms with van der Waals surface area (Å²) in [6.45, 7) is 3.37. The van der Waals surface area contributed by atoms with Gasteiger partial charge in [0, 0.05) is 17.0 Å². The second kappa shape index (κ2) is 8.82. The van der Waals surface area contributed by atoms with Crippen LogP contribution >= 0.6 is 0 Å². The molecule has 0 N–H and O–H groups in total. The molecule has 0 aromatic heterocycles. The van der Waals surface area contributed by atoms with Crippen molar-refractivity contribution < 1.29 is 28.7 Å². The zero-order valence-corrected chi connectivity index (χ0v) is 16.3. The second-order valence-electron chi connectivity index (χ2n) is 6.67. The first-order valence-electron chi connectivity index (χ1n) is 9.56. The topological polar surface area (TPSA) is 86.7 Å². The van der Waals surface area contributed by atoms with Crippen molar-refractivity contribution in [1.82, 2.24) is 0 Å². The van der Waals surface area contributed by atoms with Gasteiger partial charge < -0.3 is 9.47 Å². The van der Waals surface area contributed by atoms with E-state index in [1.165, 1.54) is 0 Å². The van der Waals surface area contributed by atoms with E-state index >= 15 is 0 Å². The summed E-state index contributed by atoms with van der Waals surface area (Å²) in [6, 6.07) is 15.1. The van der Waals surface area contributed by atoms with Crippen LogP contribution in [0.4, 0.5) is 0 Å². The lowest BCUT2D eigenvalue weighted by molar-refractivity contribution is -0.163. The molecular formula is C23H22O6. The Hall–Kier alpha value is -3.28. The van der Waals surface area contributed by atoms with Crippen molar-refractivity contribution in [3.8, 4) is 0 Å². The molecule has 3 rings (SSSR count). The average molecular weight is 394 g/mol. The number of Topliss-reactive ketones (excluding diaryl/α,β-unsaturated/α-hetero) is 2. The molecule has 0 heterocycles. The van der Waals surface area contributed by atoms with Crippen molar-refractivity contribution in [2.45, 2.75) is 19.8 Å². The van der Waals surface area contributed by atoms with E-state index < -0.39 is 41.3 Å². The second-order valence-corrected chi connectivity index (χ2v) is 6.67. The number of carbonyl (C=O) groups excluding carboxylic acids is 4. The summed E-state index contributed by atoms with van der Waals surface area (Å²) in [5, 5.41) is 0. The molecule has 29 heavy (non-hydrogen) atoms. The summed E-state index contributed by atoms with van der Waals surface area (Å²) in [6.07, 6.45) is 0. The highest BCUT2D eigenvalue weighted by molar-refractivity contribution is 6.27. The molecule has 0 unspecified atom stereocenters. The Bertz CT molecular complexity index is 880. The first-order valence-corrected chi connectivity index (χ1v) is 9.56. The third kappa shape index (κ3) is 3.83. The van der Waals surface area contributed by atoms with Gasteiger partial charge in [-0.15, -0.1) is 0 Å². The lowest BCUT2D eigenvalue weighted by Crippen LogP contribution is -2.39. The Labute approximate surface area is 168 Å². The van der Waals surface area contributed by atoms with E-state index in [-0.39, 0.29) is 13.2 Å². The highest BCUT2D eigenvalue weighted by Crippen LogP contribution is 2.42. The molecule has 150 valence electrons. The van der Waals surface area contributed by atoms with Gasteiger partial charge in [-0.05, 0) is 19.4 Å². The third-order valence-corrected chi connectivity index (χ3v) is 5.01. The largest absolute Gasteiger partial charge is 0.465 e. The van der Waals surface area contributed by atoms with Gasteiger partial charge >= 0.3 is 11.9 Å². The monoisotopic (exact) mass is 394 g/mol. The highest BCUT2D eigenvalue weighted by atomic mass is 16.6. The fraction of sp³-hybridized carbons (Fsp3) is 0.304. The van der Waals surface area contributed by atoms with Crippen molar-refractivity contribution in [3.63, 3.8) is 0 Å². The molecule has 0 saturated carbocycles. The molecular weight excluding hydrogens is 372 g/mol. The molecule has 1 aliphatic rings. The standard InChI is InChI=1S/C23H22O6/c1-3-28-22(26)19(23(27)29-4-2)17(14-10-6-5-7-11-14)18-20(24)15-12-8-9-13-16(15)21(18)25/h5-13,17-19H,3-4H2,1-2H3/t17-/m0/s1. The molecule has 2 aromatic carbocycles. The van der Waals surface area contributed by atoms with E-state index in [1.54, 1.807) is 68.4 Å². The molecule has 1 atom stereocenters. The average Bonchev–Trinajstić information content (AvgIpc) is 2.98.